The summed E-state index contributed by atoms with van der Waals surface area (Å²) in [6, 6.07) is 0. The molecule has 0 spiro atoms. The topological polar surface area (TPSA) is 77.1 Å². The van der Waals surface area contributed by atoms with Crippen LogP contribution < -0.4 is 11.5 Å². The number of rotatable bonds is 0. The highest BCUT2D eigenvalue weighted by Gasteiger charge is 2.34. The molecule has 0 radical (unpaired) electrons. The van der Waals surface area contributed by atoms with Crippen molar-refractivity contribution in [3.05, 3.63) is 0 Å². The van der Waals surface area contributed by atoms with E-state index in [-0.39, 0.29) is 0 Å². The van der Waals surface area contributed by atoms with E-state index in [1.54, 1.807) is 0 Å². The van der Waals surface area contributed by atoms with Crippen molar-refractivity contribution < 1.29 is 9.47 Å². The molecule has 0 bridgehead atoms. The Morgan fingerprint density at radius 1 is 1.25 bits per heavy atom. The third kappa shape index (κ3) is 4.01. The molecule has 2 rings (SSSR count). The molecule has 0 unspecified atom stereocenters. The molecule has 8 heavy (non-hydrogen) atoms. The number of hydrogen-bond acceptors (Lipinski definition) is 4. The second-order valence-electron chi connectivity index (χ2n) is 1.86. The minimum absolute atomic E-state index is 0.507. The molecule has 0 amide bonds. The van der Waals surface area contributed by atoms with Gasteiger partial charge in [0.1, 0.15) is 6.61 Å². The Balaban J connectivity index is 0.0000000907. The summed E-state index contributed by atoms with van der Waals surface area (Å²) in [5, 5.41) is 0. The van der Waals surface area contributed by atoms with Gasteiger partial charge in [-0.05, 0) is 0 Å². The summed E-state index contributed by atoms with van der Waals surface area (Å²) in [7, 11) is 0. The summed E-state index contributed by atoms with van der Waals surface area (Å²) in [6.07, 6.45) is 0. The number of ether oxygens (including phenoxy) is 2. The van der Waals surface area contributed by atoms with Crippen molar-refractivity contribution in [2.24, 2.45) is 11.5 Å². The van der Waals surface area contributed by atoms with Crippen molar-refractivity contribution in [1.82, 2.24) is 0 Å². The van der Waals surface area contributed by atoms with E-state index in [1.807, 2.05) is 0 Å². The van der Waals surface area contributed by atoms with E-state index < -0.39 is 5.85 Å². The van der Waals surface area contributed by atoms with Gasteiger partial charge in [-0.2, -0.15) is 0 Å². The van der Waals surface area contributed by atoms with E-state index in [0.717, 1.165) is 13.2 Å². The Morgan fingerprint density at radius 3 is 1.50 bits per heavy atom. The first-order valence-corrected chi connectivity index (χ1v) is 2.50. The van der Waals surface area contributed by atoms with E-state index in [2.05, 4.69) is 9.47 Å². The van der Waals surface area contributed by atoms with Gasteiger partial charge >= 0.3 is 0 Å². The van der Waals surface area contributed by atoms with Crippen LogP contribution in [0.5, 0.6) is 0 Å². The summed E-state index contributed by atoms with van der Waals surface area (Å²) in [5.74, 6) is -0.750. The molecule has 0 aromatic rings. The number of hydrogen-bond donors (Lipinski definition) is 2. The SMILES string of the molecule is C1CO1.NC1(N)CO1. The molecule has 4 N–H and O–H groups in total. The van der Waals surface area contributed by atoms with Crippen molar-refractivity contribution >= 4 is 0 Å². The van der Waals surface area contributed by atoms with Crippen molar-refractivity contribution in [2.75, 3.05) is 19.8 Å². The highest BCUT2D eigenvalue weighted by molar-refractivity contribution is 4.75. The highest BCUT2D eigenvalue weighted by atomic mass is 16.6. The Bertz CT molecular complexity index is 73.4. The van der Waals surface area contributed by atoms with Gasteiger partial charge in [-0.1, -0.05) is 0 Å². The zero-order chi connectivity index (χ0) is 6.04. The Kier molecular flexibility index (Phi) is 1.48. The second kappa shape index (κ2) is 1.99. The summed E-state index contributed by atoms with van der Waals surface area (Å²) in [6.45, 7) is 2.51. The van der Waals surface area contributed by atoms with Gasteiger partial charge in [0.2, 0.25) is 0 Å². The van der Waals surface area contributed by atoms with Gasteiger partial charge in [0.05, 0.1) is 13.2 Å². The lowest BCUT2D eigenvalue weighted by molar-refractivity contribution is 0.319. The van der Waals surface area contributed by atoms with Crippen molar-refractivity contribution in [1.29, 1.82) is 0 Å². The summed E-state index contributed by atoms with van der Waals surface area (Å²) >= 11 is 0. The lowest BCUT2D eigenvalue weighted by Gasteiger charge is -1.84. The first-order chi connectivity index (χ1) is 3.71. The fraction of sp³-hybridized carbons (Fsp3) is 1.00. The average Bonchev–Trinajstić information content (AvgIpc) is 2.33. The lowest BCUT2D eigenvalue weighted by Crippen LogP contribution is -2.34. The molecule has 2 aliphatic rings. The standard InChI is InChI=1S/C2H6N2O.C2H4O/c3-2(4)1-5-2;1-2-3-1/h1,3-4H2;1-2H2. The van der Waals surface area contributed by atoms with Gasteiger partial charge in [0.15, 0.2) is 5.85 Å². The average molecular weight is 118 g/mol. The van der Waals surface area contributed by atoms with Gasteiger partial charge in [-0.3, -0.25) is 11.5 Å². The molecular weight excluding hydrogens is 108 g/mol. The normalized spacial score (nSPS) is 27.8. The maximum atomic E-state index is 5.02. The molecule has 0 saturated carbocycles. The van der Waals surface area contributed by atoms with Crippen LogP contribution in [-0.2, 0) is 9.47 Å². The minimum Gasteiger partial charge on any atom is -0.377 e. The Morgan fingerprint density at radius 2 is 1.50 bits per heavy atom. The van der Waals surface area contributed by atoms with Gasteiger partial charge < -0.3 is 9.47 Å². The fourth-order valence-electron chi connectivity index (χ4n) is 0.0833. The number of nitrogens with two attached hydrogens (primary N) is 2. The van der Waals surface area contributed by atoms with Crippen LogP contribution in [0.2, 0.25) is 0 Å². The largest absolute Gasteiger partial charge is 0.377 e. The van der Waals surface area contributed by atoms with Crippen LogP contribution in [0.15, 0.2) is 0 Å². The summed E-state index contributed by atoms with van der Waals surface area (Å²) in [5.41, 5.74) is 10.0. The molecule has 48 valence electrons. The Hall–Kier alpha value is -0.160. The molecule has 2 aliphatic heterocycles. The zero-order valence-corrected chi connectivity index (χ0v) is 4.59. The van der Waals surface area contributed by atoms with Crippen LogP contribution >= 0.6 is 0 Å². The predicted octanol–water partition coefficient (Wildman–Crippen LogP) is -1.40. The van der Waals surface area contributed by atoms with Gasteiger partial charge in [-0.25, -0.2) is 0 Å². The maximum Gasteiger partial charge on any atom is 0.194 e. The van der Waals surface area contributed by atoms with E-state index in [9.17, 15) is 0 Å². The van der Waals surface area contributed by atoms with Crippen LogP contribution in [0.3, 0.4) is 0 Å². The van der Waals surface area contributed by atoms with E-state index in [0.29, 0.717) is 6.61 Å². The van der Waals surface area contributed by atoms with Gasteiger partial charge in [0.25, 0.3) is 0 Å². The first kappa shape index (κ1) is 5.97. The smallest absolute Gasteiger partial charge is 0.194 e. The predicted molar refractivity (Wildman–Crippen MR) is 27.9 cm³/mol. The molecule has 0 aliphatic carbocycles. The molecule has 0 aromatic heterocycles. The van der Waals surface area contributed by atoms with Crippen LogP contribution in [0.25, 0.3) is 0 Å². The molecule has 4 nitrogen and oxygen atoms in total. The van der Waals surface area contributed by atoms with Crippen molar-refractivity contribution in [3.63, 3.8) is 0 Å². The molecule has 0 aromatic carbocycles. The van der Waals surface area contributed by atoms with Gasteiger partial charge in [-0.15, -0.1) is 0 Å². The molecule has 2 saturated heterocycles. The monoisotopic (exact) mass is 118 g/mol. The van der Waals surface area contributed by atoms with E-state index in [1.165, 1.54) is 0 Å². The summed E-state index contributed by atoms with van der Waals surface area (Å²) in [4.78, 5) is 0. The summed E-state index contributed by atoms with van der Waals surface area (Å²) < 4.78 is 8.95. The molecule has 2 fully saturated rings. The van der Waals surface area contributed by atoms with Crippen LogP contribution in [0.1, 0.15) is 0 Å². The zero-order valence-electron chi connectivity index (χ0n) is 4.59. The first-order valence-electron chi connectivity index (χ1n) is 2.50. The highest BCUT2D eigenvalue weighted by Crippen LogP contribution is 2.08. The van der Waals surface area contributed by atoms with Crippen molar-refractivity contribution in [2.45, 2.75) is 5.85 Å². The van der Waals surface area contributed by atoms with Crippen LogP contribution in [-0.4, -0.2) is 25.7 Å². The van der Waals surface area contributed by atoms with Crippen molar-refractivity contribution in [3.8, 4) is 0 Å². The third-order valence-electron chi connectivity index (χ3n) is 0.682. The minimum atomic E-state index is -0.750. The third-order valence-corrected chi connectivity index (χ3v) is 0.682. The maximum absolute atomic E-state index is 5.02. The van der Waals surface area contributed by atoms with E-state index in [4.69, 9.17) is 11.5 Å². The quantitative estimate of drug-likeness (QED) is 0.303. The number of epoxide rings is 2. The Labute approximate surface area is 47.7 Å². The molecule has 4 heteroatoms. The second-order valence-corrected chi connectivity index (χ2v) is 1.86. The molecule has 0 atom stereocenters. The van der Waals surface area contributed by atoms with Crippen LogP contribution in [0, 0.1) is 0 Å². The molecule has 2 heterocycles. The van der Waals surface area contributed by atoms with Gasteiger partial charge in [0, 0.05) is 0 Å². The van der Waals surface area contributed by atoms with Crippen LogP contribution in [0.4, 0.5) is 0 Å². The van der Waals surface area contributed by atoms with E-state index >= 15 is 0 Å². The molecular formula is C4H10N2O2. The lowest BCUT2D eigenvalue weighted by atomic mass is 10.7. The fourth-order valence-corrected chi connectivity index (χ4v) is 0.0833.